The fourth-order valence-corrected chi connectivity index (χ4v) is 8.90. The number of hydrogen-bond donors (Lipinski definition) is 0. The van der Waals surface area contributed by atoms with Crippen molar-refractivity contribution in [3.63, 3.8) is 0 Å². The van der Waals surface area contributed by atoms with Gasteiger partial charge in [-0.1, -0.05) is 182 Å². The molecule has 10 aromatic carbocycles. The minimum atomic E-state index is 1.08. The van der Waals surface area contributed by atoms with Gasteiger partial charge >= 0.3 is 0 Å². The Balaban J connectivity index is 1.15. The van der Waals surface area contributed by atoms with Crippen molar-refractivity contribution in [2.24, 2.45) is 0 Å². The van der Waals surface area contributed by atoms with E-state index in [-0.39, 0.29) is 0 Å². The van der Waals surface area contributed by atoms with Crippen molar-refractivity contribution in [2.75, 3.05) is 4.90 Å². The Morgan fingerprint density at radius 2 is 0.817 bits per heavy atom. The lowest BCUT2D eigenvalue weighted by molar-refractivity contribution is 1.18. The molecule has 0 aliphatic rings. The van der Waals surface area contributed by atoms with Crippen molar-refractivity contribution in [3.05, 3.63) is 243 Å². The standard InChI is InChI=1S/C58H40N2/c1-3-16-41(17-4-1)44-32-35-49(36-33-44)59(50-23-15-22-46(39-50)42-18-5-2-6-19-42)58-37-34-48(40-54(58)47-31-30-43-20-7-8-21-45(43)38-47)51-24-9-12-27-55(51)60-56-28-13-10-25-52(56)53-26-11-14-29-57(53)60/h1-40H. The van der Waals surface area contributed by atoms with E-state index in [2.05, 4.69) is 252 Å². The Morgan fingerprint density at radius 1 is 0.283 bits per heavy atom. The fraction of sp³-hybridized carbons (Fsp3) is 0. The monoisotopic (exact) mass is 764 g/mol. The van der Waals surface area contributed by atoms with Crippen LogP contribution in [0.5, 0.6) is 0 Å². The molecular weight excluding hydrogens is 725 g/mol. The molecule has 2 nitrogen and oxygen atoms in total. The van der Waals surface area contributed by atoms with Gasteiger partial charge in [-0.25, -0.2) is 0 Å². The molecule has 0 amide bonds. The van der Waals surface area contributed by atoms with Crippen LogP contribution in [0.3, 0.4) is 0 Å². The molecule has 2 heteroatoms. The summed E-state index contributed by atoms with van der Waals surface area (Å²) in [5.74, 6) is 0. The molecule has 0 bridgehead atoms. The summed E-state index contributed by atoms with van der Waals surface area (Å²) in [5.41, 5.74) is 16.2. The maximum Gasteiger partial charge on any atom is 0.0541 e. The normalized spacial score (nSPS) is 11.3. The van der Waals surface area contributed by atoms with E-state index in [9.17, 15) is 0 Å². The maximum atomic E-state index is 2.43. The van der Waals surface area contributed by atoms with E-state index in [0.29, 0.717) is 0 Å². The molecule has 60 heavy (non-hydrogen) atoms. The Bertz CT molecular complexity index is 3250. The van der Waals surface area contributed by atoms with Gasteiger partial charge in [0.05, 0.1) is 22.4 Å². The molecule has 0 spiro atoms. The number of aromatic nitrogens is 1. The summed E-state index contributed by atoms with van der Waals surface area (Å²) in [5, 5.41) is 4.94. The molecule has 0 unspecified atom stereocenters. The topological polar surface area (TPSA) is 8.17 Å². The minimum Gasteiger partial charge on any atom is -0.310 e. The van der Waals surface area contributed by atoms with Gasteiger partial charge in [0.1, 0.15) is 0 Å². The van der Waals surface area contributed by atoms with Crippen LogP contribution in [0.25, 0.3) is 82.8 Å². The van der Waals surface area contributed by atoms with E-state index >= 15 is 0 Å². The molecule has 0 fully saturated rings. The van der Waals surface area contributed by atoms with Gasteiger partial charge in [-0.15, -0.1) is 0 Å². The number of nitrogens with zero attached hydrogens (tertiary/aromatic N) is 2. The van der Waals surface area contributed by atoms with E-state index in [1.54, 1.807) is 0 Å². The average Bonchev–Trinajstić information content (AvgIpc) is 3.67. The predicted octanol–water partition coefficient (Wildman–Crippen LogP) is 16.1. The van der Waals surface area contributed by atoms with E-state index in [0.717, 1.165) is 39.4 Å². The third-order valence-corrected chi connectivity index (χ3v) is 11.8. The molecule has 282 valence electrons. The van der Waals surface area contributed by atoms with Crippen LogP contribution in [0.15, 0.2) is 243 Å². The Labute approximate surface area is 350 Å². The number of benzene rings is 10. The Hall–Kier alpha value is -7.94. The zero-order valence-corrected chi connectivity index (χ0v) is 33.0. The van der Waals surface area contributed by atoms with E-state index in [1.807, 2.05) is 0 Å². The fourth-order valence-electron chi connectivity index (χ4n) is 8.90. The van der Waals surface area contributed by atoms with Crippen LogP contribution in [0.4, 0.5) is 17.1 Å². The Morgan fingerprint density at radius 3 is 1.55 bits per heavy atom. The second kappa shape index (κ2) is 15.1. The van der Waals surface area contributed by atoms with Crippen molar-refractivity contribution < 1.29 is 0 Å². The Kier molecular flexibility index (Phi) is 8.87. The molecular formula is C58H40N2. The lowest BCUT2D eigenvalue weighted by Gasteiger charge is -2.29. The van der Waals surface area contributed by atoms with Gasteiger partial charge in [0.15, 0.2) is 0 Å². The highest BCUT2D eigenvalue weighted by atomic mass is 15.1. The molecule has 0 aliphatic heterocycles. The summed E-state index contributed by atoms with van der Waals surface area (Å²) in [4.78, 5) is 2.42. The summed E-state index contributed by atoms with van der Waals surface area (Å²) >= 11 is 0. The molecule has 0 radical (unpaired) electrons. The molecule has 11 aromatic rings. The third kappa shape index (κ3) is 6.32. The van der Waals surface area contributed by atoms with Crippen LogP contribution < -0.4 is 4.90 Å². The molecule has 0 N–H and O–H groups in total. The first-order valence-electron chi connectivity index (χ1n) is 20.6. The SMILES string of the molecule is c1ccc(-c2ccc(N(c3cccc(-c4ccccc4)c3)c3ccc(-c4ccccc4-n4c5ccccc5c5ccccc54)cc3-c3ccc4ccccc4c3)cc2)cc1. The summed E-state index contributed by atoms with van der Waals surface area (Å²) in [6, 6.07) is 88.0. The van der Waals surface area contributed by atoms with Crippen LogP contribution in [0.2, 0.25) is 0 Å². The van der Waals surface area contributed by atoms with Crippen molar-refractivity contribution >= 4 is 49.6 Å². The van der Waals surface area contributed by atoms with Crippen molar-refractivity contribution in [2.45, 2.75) is 0 Å². The molecule has 11 rings (SSSR count). The van der Waals surface area contributed by atoms with Gasteiger partial charge < -0.3 is 9.47 Å². The first-order chi connectivity index (χ1) is 29.8. The highest BCUT2D eigenvalue weighted by molar-refractivity contribution is 6.10. The zero-order valence-electron chi connectivity index (χ0n) is 33.0. The van der Waals surface area contributed by atoms with E-state index in [1.165, 1.54) is 60.4 Å². The van der Waals surface area contributed by atoms with Crippen molar-refractivity contribution in [3.8, 4) is 50.2 Å². The first-order valence-corrected chi connectivity index (χ1v) is 20.6. The number of rotatable bonds is 8. The lowest BCUT2D eigenvalue weighted by Crippen LogP contribution is -2.11. The third-order valence-electron chi connectivity index (χ3n) is 11.8. The van der Waals surface area contributed by atoms with Gasteiger partial charge in [-0.2, -0.15) is 0 Å². The summed E-state index contributed by atoms with van der Waals surface area (Å²) < 4.78 is 2.43. The van der Waals surface area contributed by atoms with Gasteiger partial charge in [0.25, 0.3) is 0 Å². The summed E-state index contributed by atoms with van der Waals surface area (Å²) in [6.07, 6.45) is 0. The maximum absolute atomic E-state index is 2.43. The number of fused-ring (bicyclic) bond motifs is 4. The van der Waals surface area contributed by atoms with Crippen molar-refractivity contribution in [1.29, 1.82) is 0 Å². The van der Waals surface area contributed by atoms with Crippen LogP contribution in [-0.2, 0) is 0 Å². The molecule has 0 atom stereocenters. The second-order valence-electron chi connectivity index (χ2n) is 15.3. The van der Waals surface area contributed by atoms with Crippen LogP contribution in [-0.4, -0.2) is 4.57 Å². The van der Waals surface area contributed by atoms with Crippen LogP contribution >= 0.6 is 0 Å². The second-order valence-corrected chi connectivity index (χ2v) is 15.3. The molecule has 1 heterocycles. The lowest BCUT2D eigenvalue weighted by atomic mass is 9.93. The number of hydrogen-bond acceptors (Lipinski definition) is 1. The average molecular weight is 765 g/mol. The molecule has 0 saturated carbocycles. The summed E-state index contributed by atoms with van der Waals surface area (Å²) in [6.45, 7) is 0. The largest absolute Gasteiger partial charge is 0.310 e. The van der Waals surface area contributed by atoms with Gasteiger partial charge in [-0.05, 0) is 105 Å². The number of anilines is 3. The van der Waals surface area contributed by atoms with Crippen LogP contribution in [0.1, 0.15) is 0 Å². The van der Waals surface area contributed by atoms with E-state index < -0.39 is 0 Å². The highest BCUT2D eigenvalue weighted by Gasteiger charge is 2.21. The number of para-hydroxylation sites is 3. The molecule has 1 aromatic heterocycles. The van der Waals surface area contributed by atoms with E-state index in [4.69, 9.17) is 0 Å². The minimum absolute atomic E-state index is 1.08. The zero-order chi connectivity index (χ0) is 39.8. The van der Waals surface area contributed by atoms with Gasteiger partial charge in [0.2, 0.25) is 0 Å². The quantitative estimate of drug-likeness (QED) is 0.150. The van der Waals surface area contributed by atoms with Crippen molar-refractivity contribution in [1.82, 2.24) is 4.57 Å². The smallest absolute Gasteiger partial charge is 0.0541 e. The summed E-state index contributed by atoms with van der Waals surface area (Å²) in [7, 11) is 0. The van der Waals surface area contributed by atoms with Crippen LogP contribution in [0, 0.1) is 0 Å². The molecule has 0 saturated heterocycles. The van der Waals surface area contributed by atoms with Gasteiger partial charge in [-0.3, -0.25) is 0 Å². The first kappa shape index (κ1) is 35.2. The van der Waals surface area contributed by atoms with Gasteiger partial charge in [0, 0.05) is 33.3 Å². The predicted molar refractivity (Wildman–Crippen MR) is 255 cm³/mol. The highest BCUT2D eigenvalue weighted by Crippen LogP contribution is 2.45. The molecule has 0 aliphatic carbocycles.